The maximum absolute atomic E-state index is 12.1. The topological polar surface area (TPSA) is 300 Å². The first-order valence-electron chi connectivity index (χ1n) is 46.6. The summed E-state index contributed by atoms with van der Waals surface area (Å²) >= 11 is 0. The van der Waals surface area contributed by atoms with Crippen LogP contribution in [0.15, 0.2) is 316 Å². The predicted octanol–water partition coefficient (Wildman–Crippen LogP) is 23.8. The number of carbonyl (C=O) groups is 1. The summed E-state index contributed by atoms with van der Waals surface area (Å²) in [5, 5.41) is 16.7. The molecule has 3 aliphatic carbocycles. The molecule has 3 saturated carbocycles. The number of imidazole rings is 4. The number of nitrogens with zero attached hydrogens (tertiary/aromatic N) is 12. The van der Waals surface area contributed by atoms with E-state index in [-0.39, 0.29) is 24.3 Å². The van der Waals surface area contributed by atoms with E-state index in [0.29, 0.717) is 35.3 Å². The van der Waals surface area contributed by atoms with Gasteiger partial charge in [0.15, 0.2) is 0 Å². The van der Waals surface area contributed by atoms with Crippen molar-refractivity contribution in [3.63, 3.8) is 0 Å². The lowest BCUT2D eigenvalue weighted by Crippen LogP contribution is -2.30. The number of rotatable bonds is 15. The fourth-order valence-corrected chi connectivity index (χ4v) is 20.0. The molecule has 1 amide bonds. The molecule has 0 radical (unpaired) electrons. The van der Waals surface area contributed by atoms with Crippen molar-refractivity contribution >= 4 is 94.3 Å². The van der Waals surface area contributed by atoms with Crippen LogP contribution in [-0.2, 0) is 4.79 Å². The number of carbonyl (C=O) groups excluding carboxylic acids is 1. The molecule has 20 heteroatoms. The van der Waals surface area contributed by atoms with Gasteiger partial charge >= 0.3 is 0 Å². The van der Waals surface area contributed by atoms with Gasteiger partial charge in [0.05, 0.1) is 112 Å². The highest BCUT2D eigenvalue weighted by atomic mass is 16.3. The minimum atomic E-state index is 0.0902. The van der Waals surface area contributed by atoms with Crippen molar-refractivity contribution in [1.29, 1.82) is 0 Å². The minimum absolute atomic E-state index is 0.0902. The second kappa shape index (κ2) is 37.7. The number of nitrogen functional groups attached to an aromatic ring is 4. The van der Waals surface area contributed by atoms with Crippen molar-refractivity contribution in [3.05, 3.63) is 339 Å². The fraction of sp³-hybridized carbons (Fsp3) is 0.212. The van der Waals surface area contributed by atoms with E-state index >= 15 is 0 Å². The summed E-state index contributed by atoms with van der Waals surface area (Å²) in [5.74, 6) is 6.87. The molecular weight excluding hydrogens is 1640 g/mol. The van der Waals surface area contributed by atoms with Crippen LogP contribution in [0.1, 0.15) is 138 Å². The second-order valence-corrected chi connectivity index (χ2v) is 36.1. The zero-order valence-electron chi connectivity index (χ0n) is 75.1. The van der Waals surface area contributed by atoms with Gasteiger partial charge in [-0.2, -0.15) is 0 Å². The van der Waals surface area contributed by atoms with Crippen molar-refractivity contribution in [2.75, 3.05) is 43.1 Å². The highest BCUT2D eigenvalue weighted by Crippen LogP contribution is 2.45. The SMILES string of the molecule is CC(C)c1nc(-c2ccc3ccc(-c4ccccc4)nc3c2)c2c(N)cccn12.CNC(=O)C1CCC(c2nc(-c3ccc4ccc(-c5ccccc5)nc4c3)c3c(N)cccn23)CC1.NCC1CCC(c2nc(-c3ccc4ccc(-c5ccccc5)nc4c3)c3c(N)cccn23)CC1.Nc1cccn2c(C3CCC(CO)CC3)nc(-c3ccc4ccc(-c5ccccc5)nc4c3)c12. The summed E-state index contributed by atoms with van der Waals surface area (Å²) in [6.07, 6.45) is 20.6. The summed E-state index contributed by atoms with van der Waals surface area (Å²) in [4.78, 5) is 52.4. The van der Waals surface area contributed by atoms with Gasteiger partial charge in [0.25, 0.3) is 0 Å². The number of hydrogen-bond donors (Lipinski definition) is 7. The zero-order chi connectivity index (χ0) is 90.7. The number of nitrogens with one attached hydrogen (secondary N) is 1. The Kier molecular flexibility index (Phi) is 24.3. The standard InChI is InChI=1S/C30H29N5O.C29H29N5.C29H28N4O.C25H22N4/c1-32-30(36)22-12-10-21(11-13-22)29-34-27(28-24(31)8-5-17-35(28)29)23-14-9-20-15-16-25(33-26(20)18-23)19-6-3-2-4-7-19;30-18-19-8-10-22(11-9-19)29-33-27(28-24(31)7-4-16-34(28)29)23-13-12-21-14-15-25(32-26(21)17-23)20-5-2-1-3-6-20;30-24-7-4-16-33-28(24)27(32-29(33)22-10-8-19(18-34)9-11-22)23-13-12-21-14-15-25(31-26(21)17-23)20-5-2-1-3-6-20;1-16(2)25-28-23(24-20(26)9-6-14-29(24)25)19-11-10-18-12-13-21(27-22(18)15-19)17-7-4-3-5-8-17/h2-9,14-18,21-22H,10-13,31H2,1H3,(H,32,36);1-7,12-17,19,22H,8-11,18,30-31H2;1-7,12-17,19,22,34H,8-11,18,30H2;3-16H,26H2,1-2H3. The zero-order valence-corrected chi connectivity index (χ0v) is 75.1. The molecule has 0 spiro atoms. The van der Waals surface area contributed by atoms with Crippen molar-refractivity contribution in [2.45, 2.75) is 115 Å². The Balaban J connectivity index is 0.000000111. The molecule has 0 saturated heterocycles. The summed E-state index contributed by atoms with van der Waals surface area (Å²) in [7, 11) is 1.72. The molecule has 12 heterocycles. The maximum atomic E-state index is 12.1. The third kappa shape index (κ3) is 17.5. The molecule has 3 aliphatic rings. The molecule has 0 atom stereocenters. The van der Waals surface area contributed by atoms with Crippen LogP contribution in [0.25, 0.3) is 156 Å². The summed E-state index contributed by atoms with van der Waals surface area (Å²) in [6.45, 7) is 5.36. The van der Waals surface area contributed by atoms with Crippen molar-refractivity contribution < 1.29 is 9.90 Å². The van der Waals surface area contributed by atoms with E-state index in [2.05, 4.69) is 225 Å². The number of benzene rings is 8. The average molecular weight is 1750 g/mol. The number of hydrogen-bond acceptors (Lipinski definition) is 15. The van der Waals surface area contributed by atoms with Crippen LogP contribution in [0.2, 0.25) is 0 Å². The Labute approximate surface area is 772 Å². The summed E-state index contributed by atoms with van der Waals surface area (Å²) in [5.41, 5.74) is 58.3. The van der Waals surface area contributed by atoms with E-state index in [9.17, 15) is 9.90 Å². The van der Waals surface area contributed by atoms with Crippen LogP contribution >= 0.6 is 0 Å². The van der Waals surface area contributed by atoms with Gasteiger partial charge in [0, 0.05) is 134 Å². The van der Waals surface area contributed by atoms with Crippen molar-refractivity contribution in [1.82, 2.24) is 62.8 Å². The van der Waals surface area contributed by atoms with E-state index in [1.807, 2.05) is 128 Å². The van der Waals surface area contributed by atoms with Gasteiger partial charge < -0.3 is 56.7 Å². The van der Waals surface area contributed by atoms with E-state index in [1.54, 1.807) is 7.05 Å². The third-order valence-corrected chi connectivity index (χ3v) is 27.3. The lowest BCUT2D eigenvalue weighted by molar-refractivity contribution is -0.125. The largest absolute Gasteiger partial charge is 0.397 e. The molecule has 12 N–H and O–H groups in total. The predicted molar refractivity (Wildman–Crippen MR) is 542 cm³/mol. The molecule has 0 aliphatic heterocycles. The maximum Gasteiger partial charge on any atom is 0.222 e. The lowest BCUT2D eigenvalue weighted by atomic mass is 9.81. The number of nitrogens with two attached hydrogens (primary N) is 5. The monoisotopic (exact) mass is 1750 g/mol. The molecular formula is C113H108N18O2. The summed E-state index contributed by atoms with van der Waals surface area (Å²) in [6, 6.07) is 98.9. The molecule has 20 aromatic rings. The molecule has 12 aromatic heterocycles. The Morgan fingerprint density at radius 1 is 0.331 bits per heavy atom. The lowest BCUT2D eigenvalue weighted by Gasteiger charge is -2.26. The average Bonchev–Trinajstić information content (AvgIpc) is 1.62. The van der Waals surface area contributed by atoms with E-state index < -0.39 is 0 Å². The molecule has 3 fully saturated rings. The van der Waals surface area contributed by atoms with E-state index in [0.717, 1.165) is 280 Å². The molecule has 20 nitrogen and oxygen atoms in total. The third-order valence-electron chi connectivity index (χ3n) is 27.3. The fourth-order valence-electron chi connectivity index (χ4n) is 20.0. The minimum Gasteiger partial charge on any atom is -0.397 e. The van der Waals surface area contributed by atoms with E-state index in [1.165, 1.54) is 0 Å². The molecule has 0 unspecified atom stereocenters. The first-order valence-corrected chi connectivity index (χ1v) is 46.6. The van der Waals surface area contributed by atoms with E-state index in [4.69, 9.17) is 68.5 Å². The van der Waals surface area contributed by atoms with Crippen LogP contribution in [0.4, 0.5) is 22.7 Å². The van der Waals surface area contributed by atoms with Crippen LogP contribution in [0.5, 0.6) is 0 Å². The number of anilines is 4. The highest BCUT2D eigenvalue weighted by molar-refractivity contribution is 5.97. The Morgan fingerprint density at radius 3 is 0.902 bits per heavy atom. The van der Waals surface area contributed by atoms with Gasteiger partial charge in [-0.1, -0.05) is 208 Å². The van der Waals surface area contributed by atoms with Crippen molar-refractivity contribution in [2.24, 2.45) is 23.5 Å². The Morgan fingerprint density at radius 2 is 0.609 bits per heavy atom. The highest BCUT2D eigenvalue weighted by Gasteiger charge is 2.33. The molecule has 662 valence electrons. The first-order chi connectivity index (χ1) is 65.1. The summed E-state index contributed by atoms with van der Waals surface area (Å²) < 4.78 is 8.63. The van der Waals surface area contributed by atoms with Crippen LogP contribution in [0, 0.1) is 17.8 Å². The van der Waals surface area contributed by atoms with Gasteiger partial charge in [-0.05, 0) is 192 Å². The van der Waals surface area contributed by atoms with Gasteiger partial charge in [0.1, 0.15) is 23.3 Å². The molecule has 8 aromatic carbocycles. The number of aliphatic hydroxyl groups is 1. The van der Waals surface area contributed by atoms with Gasteiger partial charge in [-0.15, -0.1) is 0 Å². The first kappa shape index (κ1) is 85.8. The van der Waals surface area contributed by atoms with Gasteiger partial charge in [-0.3, -0.25) is 4.79 Å². The Hall–Kier alpha value is -15.3. The van der Waals surface area contributed by atoms with Crippen molar-refractivity contribution in [3.8, 4) is 90.1 Å². The van der Waals surface area contributed by atoms with Gasteiger partial charge in [-0.25, -0.2) is 39.9 Å². The number of aromatic nitrogens is 12. The Bertz CT molecular complexity index is 7410. The number of pyridine rings is 8. The normalized spacial score (nSPS) is 16.8. The quantitative estimate of drug-likeness (QED) is 0.0502. The van der Waals surface area contributed by atoms with Crippen LogP contribution < -0.4 is 34.0 Å². The molecule has 23 rings (SSSR count). The van der Waals surface area contributed by atoms with Crippen LogP contribution in [0.3, 0.4) is 0 Å². The second-order valence-electron chi connectivity index (χ2n) is 36.1. The number of amides is 1. The molecule has 133 heavy (non-hydrogen) atoms. The molecule has 0 bridgehead atoms. The van der Waals surface area contributed by atoms with Crippen LogP contribution in [-0.4, -0.2) is 88.7 Å². The van der Waals surface area contributed by atoms with Gasteiger partial charge in [0.2, 0.25) is 5.91 Å². The number of aliphatic hydroxyl groups excluding tert-OH is 1. The number of fused-ring (bicyclic) bond motifs is 8. The smallest absolute Gasteiger partial charge is 0.222 e.